The van der Waals surface area contributed by atoms with Crippen molar-refractivity contribution < 1.29 is 23.8 Å². The SMILES string of the molecule is COc1cc(C=NNC(=O)CSc2nnc(-c3ccc(C)cc3)n2C2CCCCC2)cc(OC)c1OC(C)=O. The molecule has 0 spiro atoms. The maximum Gasteiger partial charge on any atom is 0.308 e. The summed E-state index contributed by atoms with van der Waals surface area (Å²) in [6, 6.07) is 11.8. The number of esters is 1. The summed E-state index contributed by atoms with van der Waals surface area (Å²) in [4.78, 5) is 24.0. The second-order valence-electron chi connectivity index (χ2n) is 9.26. The van der Waals surface area contributed by atoms with Crippen LogP contribution in [0.3, 0.4) is 0 Å². The third kappa shape index (κ3) is 7.17. The van der Waals surface area contributed by atoms with Crippen molar-refractivity contribution in [3.05, 3.63) is 47.5 Å². The number of carbonyl (C=O) groups excluding carboxylic acids is 2. The summed E-state index contributed by atoms with van der Waals surface area (Å²) in [5.41, 5.74) is 5.35. The average Bonchev–Trinajstić information content (AvgIpc) is 3.37. The molecule has 0 radical (unpaired) electrons. The van der Waals surface area contributed by atoms with Crippen LogP contribution < -0.4 is 19.6 Å². The molecule has 1 N–H and O–H groups in total. The van der Waals surface area contributed by atoms with E-state index in [0.717, 1.165) is 29.4 Å². The van der Waals surface area contributed by atoms with Crippen LogP contribution in [0.25, 0.3) is 11.4 Å². The number of nitrogens with one attached hydrogen (secondary N) is 1. The second-order valence-corrected chi connectivity index (χ2v) is 10.2. The maximum atomic E-state index is 12.6. The zero-order valence-electron chi connectivity index (χ0n) is 22.6. The average molecular weight is 552 g/mol. The van der Waals surface area contributed by atoms with Gasteiger partial charge in [-0.15, -0.1) is 10.2 Å². The number of hydrogen-bond donors (Lipinski definition) is 1. The Morgan fingerprint density at radius 2 is 1.74 bits per heavy atom. The van der Waals surface area contributed by atoms with E-state index in [1.165, 1.54) is 63.9 Å². The van der Waals surface area contributed by atoms with Gasteiger partial charge in [-0.1, -0.05) is 60.9 Å². The van der Waals surface area contributed by atoms with Crippen LogP contribution >= 0.6 is 11.8 Å². The van der Waals surface area contributed by atoms with Crippen LogP contribution in [0.15, 0.2) is 46.7 Å². The van der Waals surface area contributed by atoms with Gasteiger partial charge in [-0.25, -0.2) is 5.43 Å². The van der Waals surface area contributed by atoms with E-state index in [9.17, 15) is 9.59 Å². The number of thioether (sulfide) groups is 1. The molecule has 0 unspecified atom stereocenters. The lowest BCUT2D eigenvalue weighted by atomic mass is 9.95. The van der Waals surface area contributed by atoms with E-state index in [2.05, 4.69) is 56.5 Å². The molecular formula is C28H33N5O5S. The van der Waals surface area contributed by atoms with Gasteiger partial charge in [0, 0.05) is 24.1 Å². The number of hydrazone groups is 1. The van der Waals surface area contributed by atoms with Crippen molar-refractivity contribution in [2.45, 2.75) is 57.1 Å². The molecule has 206 valence electrons. The minimum Gasteiger partial charge on any atom is -0.493 e. The van der Waals surface area contributed by atoms with E-state index >= 15 is 0 Å². The van der Waals surface area contributed by atoms with Crippen molar-refractivity contribution in [2.24, 2.45) is 5.10 Å². The highest BCUT2D eigenvalue weighted by atomic mass is 32.2. The fraction of sp³-hybridized carbons (Fsp3) is 0.393. The summed E-state index contributed by atoms with van der Waals surface area (Å²) >= 11 is 1.35. The van der Waals surface area contributed by atoms with E-state index in [0.29, 0.717) is 23.1 Å². The Balaban J connectivity index is 1.44. The van der Waals surface area contributed by atoms with Gasteiger partial charge >= 0.3 is 5.97 Å². The zero-order valence-corrected chi connectivity index (χ0v) is 23.4. The summed E-state index contributed by atoms with van der Waals surface area (Å²) in [6.07, 6.45) is 7.20. The Morgan fingerprint density at radius 1 is 1.08 bits per heavy atom. The third-order valence-corrected chi connectivity index (χ3v) is 7.32. The van der Waals surface area contributed by atoms with E-state index in [4.69, 9.17) is 14.2 Å². The number of rotatable bonds is 10. The Kier molecular flexibility index (Phi) is 9.59. The molecule has 0 aliphatic heterocycles. The van der Waals surface area contributed by atoms with Gasteiger partial charge in [-0.05, 0) is 31.9 Å². The Bertz CT molecular complexity index is 1310. The molecule has 1 saturated carbocycles. The van der Waals surface area contributed by atoms with Crippen molar-refractivity contribution >= 4 is 29.9 Å². The molecule has 39 heavy (non-hydrogen) atoms. The molecule has 0 bridgehead atoms. The zero-order chi connectivity index (χ0) is 27.8. The number of methoxy groups -OCH3 is 2. The molecule has 11 heteroatoms. The van der Waals surface area contributed by atoms with Crippen molar-refractivity contribution in [1.29, 1.82) is 0 Å². The Morgan fingerprint density at radius 3 is 2.36 bits per heavy atom. The van der Waals surface area contributed by atoms with Crippen molar-refractivity contribution in [2.75, 3.05) is 20.0 Å². The fourth-order valence-corrected chi connectivity index (χ4v) is 5.30. The minimum atomic E-state index is -0.497. The molecule has 1 heterocycles. The first kappa shape index (κ1) is 28.2. The first-order valence-electron chi connectivity index (χ1n) is 12.8. The molecule has 0 saturated heterocycles. The standard InChI is InChI=1S/C28H33N5O5S/c1-18-10-12-21(13-11-18)27-31-32-28(33(27)22-8-6-5-7-9-22)39-17-25(35)30-29-16-20-14-23(36-3)26(38-19(2)34)24(15-20)37-4/h10-16,22H,5-9,17H2,1-4H3,(H,30,35). The number of ether oxygens (including phenoxy) is 3. The fourth-order valence-electron chi connectivity index (χ4n) is 4.50. The molecular weight excluding hydrogens is 518 g/mol. The molecule has 2 aromatic carbocycles. The highest BCUT2D eigenvalue weighted by Crippen LogP contribution is 2.38. The number of aromatic nitrogens is 3. The van der Waals surface area contributed by atoms with Gasteiger partial charge < -0.3 is 14.2 Å². The van der Waals surface area contributed by atoms with Crippen LogP contribution in [0.1, 0.15) is 56.2 Å². The molecule has 0 atom stereocenters. The number of carbonyl (C=O) groups is 2. The smallest absolute Gasteiger partial charge is 0.308 e. The summed E-state index contributed by atoms with van der Waals surface area (Å²) in [6.45, 7) is 3.35. The number of aryl methyl sites for hydroxylation is 1. The van der Waals surface area contributed by atoms with Gasteiger partial charge in [0.05, 0.1) is 26.2 Å². The van der Waals surface area contributed by atoms with Crippen LogP contribution in [-0.4, -0.2) is 52.8 Å². The molecule has 1 fully saturated rings. The van der Waals surface area contributed by atoms with E-state index in [-0.39, 0.29) is 17.4 Å². The molecule has 3 aromatic rings. The van der Waals surface area contributed by atoms with Crippen LogP contribution in [-0.2, 0) is 9.59 Å². The molecule has 4 rings (SSSR count). The largest absolute Gasteiger partial charge is 0.493 e. The van der Waals surface area contributed by atoms with Crippen molar-refractivity contribution in [3.63, 3.8) is 0 Å². The molecule has 1 aromatic heterocycles. The Labute approximate surface area is 232 Å². The van der Waals surface area contributed by atoms with Gasteiger partial charge in [-0.3, -0.25) is 14.2 Å². The van der Waals surface area contributed by atoms with Crippen LogP contribution in [0.5, 0.6) is 17.2 Å². The van der Waals surface area contributed by atoms with Gasteiger partial charge in [0.1, 0.15) is 0 Å². The summed E-state index contributed by atoms with van der Waals surface area (Å²) in [7, 11) is 2.91. The topological polar surface area (TPSA) is 117 Å². The monoisotopic (exact) mass is 551 g/mol. The van der Waals surface area contributed by atoms with Crippen LogP contribution in [0.2, 0.25) is 0 Å². The highest BCUT2D eigenvalue weighted by molar-refractivity contribution is 7.99. The van der Waals surface area contributed by atoms with E-state index < -0.39 is 5.97 Å². The molecule has 10 nitrogen and oxygen atoms in total. The predicted octanol–water partition coefficient (Wildman–Crippen LogP) is 4.94. The first-order valence-corrected chi connectivity index (χ1v) is 13.8. The number of hydrogen-bond acceptors (Lipinski definition) is 9. The molecule has 1 aliphatic carbocycles. The first-order chi connectivity index (χ1) is 18.9. The van der Waals surface area contributed by atoms with Crippen LogP contribution in [0, 0.1) is 6.92 Å². The Hall–Kier alpha value is -3.86. The van der Waals surface area contributed by atoms with Crippen molar-refractivity contribution in [3.8, 4) is 28.6 Å². The molecule has 1 aliphatic rings. The third-order valence-electron chi connectivity index (χ3n) is 6.38. The lowest BCUT2D eigenvalue weighted by Crippen LogP contribution is -2.20. The van der Waals surface area contributed by atoms with Crippen molar-refractivity contribution in [1.82, 2.24) is 20.2 Å². The summed E-state index contributed by atoms with van der Waals surface area (Å²) in [5.74, 6) is 0.984. The van der Waals surface area contributed by atoms with E-state index in [1.807, 2.05) is 0 Å². The van der Waals surface area contributed by atoms with E-state index in [1.54, 1.807) is 12.1 Å². The number of amides is 1. The quantitative estimate of drug-likeness (QED) is 0.124. The van der Waals surface area contributed by atoms with Gasteiger partial charge in [0.2, 0.25) is 5.75 Å². The number of benzene rings is 2. The number of nitrogens with zero attached hydrogens (tertiary/aromatic N) is 4. The van der Waals surface area contributed by atoms with Gasteiger partial charge in [0.15, 0.2) is 22.5 Å². The predicted molar refractivity (Wildman–Crippen MR) is 150 cm³/mol. The summed E-state index contributed by atoms with van der Waals surface area (Å²) in [5, 5.41) is 13.8. The van der Waals surface area contributed by atoms with Gasteiger partial charge in [0.25, 0.3) is 5.91 Å². The van der Waals surface area contributed by atoms with Gasteiger partial charge in [-0.2, -0.15) is 5.10 Å². The minimum absolute atomic E-state index is 0.133. The lowest BCUT2D eigenvalue weighted by molar-refractivity contribution is -0.132. The highest BCUT2D eigenvalue weighted by Gasteiger charge is 2.24. The summed E-state index contributed by atoms with van der Waals surface area (Å²) < 4.78 is 18.0. The maximum absolute atomic E-state index is 12.6. The second kappa shape index (κ2) is 13.3. The van der Waals surface area contributed by atoms with Crippen LogP contribution in [0.4, 0.5) is 0 Å². The lowest BCUT2D eigenvalue weighted by Gasteiger charge is -2.25. The molecule has 1 amide bonds. The normalized spacial score (nSPS) is 13.8.